The average molecular weight is 339 g/mol. The van der Waals surface area contributed by atoms with Gasteiger partial charge in [-0.15, -0.1) is 0 Å². The molecule has 5 nitrogen and oxygen atoms in total. The van der Waals surface area contributed by atoms with Crippen molar-refractivity contribution in [3.63, 3.8) is 0 Å². The molecule has 0 atom stereocenters. The van der Waals surface area contributed by atoms with Crippen molar-refractivity contribution in [3.05, 3.63) is 68.4 Å². The molecule has 1 amide bonds. The molecule has 20 heavy (non-hydrogen) atoms. The van der Waals surface area contributed by atoms with Crippen LogP contribution in [-0.4, -0.2) is 10.8 Å². The van der Waals surface area contributed by atoms with Crippen LogP contribution in [0.15, 0.2) is 46.9 Å². The second kappa shape index (κ2) is 5.79. The van der Waals surface area contributed by atoms with Crippen LogP contribution in [0.2, 0.25) is 0 Å². The van der Waals surface area contributed by atoms with Crippen LogP contribution >= 0.6 is 15.9 Å². The van der Waals surface area contributed by atoms with Gasteiger partial charge in [-0.2, -0.15) is 0 Å². The molecule has 0 radical (unpaired) electrons. The monoisotopic (exact) mass is 338 g/mol. The first-order valence-electron chi connectivity index (χ1n) is 5.48. The smallest absolute Gasteiger partial charge is 0.269 e. The van der Waals surface area contributed by atoms with Crippen LogP contribution in [0.3, 0.4) is 0 Å². The first-order valence-corrected chi connectivity index (χ1v) is 6.27. The number of hydrogen-bond acceptors (Lipinski definition) is 3. The van der Waals surface area contributed by atoms with Gasteiger partial charge in [-0.25, -0.2) is 4.39 Å². The summed E-state index contributed by atoms with van der Waals surface area (Å²) in [6.07, 6.45) is 0. The fourth-order valence-electron chi connectivity index (χ4n) is 1.52. The van der Waals surface area contributed by atoms with Crippen LogP contribution in [0.25, 0.3) is 0 Å². The van der Waals surface area contributed by atoms with E-state index in [1.807, 2.05) is 0 Å². The van der Waals surface area contributed by atoms with E-state index in [-0.39, 0.29) is 16.9 Å². The van der Waals surface area contributed by atoms with Crippen molar-refractivity contribution in [2.24, 2.45) is 0 Å². The Morgan fingerprint density at radius 1 is 1.20 bits per heavy atom. The number of non-ortho nitro benzene ring substituents is 1. The van der Waals surface area contributed by atoms with Gasteiger partial charge < -0.3 is 5.32 Å². The average Bonchev–Trinajstić information content (AvgIpc) is 2.42. The molecule has 0 aliphatic rings. The van der Waals surface area contributed by atoms with Gasteiger partial charge >= 0.3 is 0 Å². The van der Waals surface area contributed by atoms with E-state index in [0.717, 1.165) is 0 Å². The summed E-state index contributed by atoms with van der Waals surface area (Å²) in [5, 5.41) is 12.9. The molecule has 0 saturated carbocycles. The number of nitro groups is 1. The summed E-state index contributed by atoms with van der Waals surface area (Å²) in [6.45, 7) is 0. The van der Waals surface area contributed by atoms with Gasteiger partial charge in [-0.1, -0.05) is 15.9 Å². The Balaban J connectivity index is 2.17. The molecule has 0 unspecified atom stereocenters. The van der Waals surface area contributed by atoms with Gasteiger partial charge in [0.05, 0.1) is 10.6 Å². The van der Waals surface area contributed by atoms with E-state index in [4.69, 9.17) is 0 Å². The fraction of sp³-hybridized carbons (Fsp3) is 0. The third kappa shape index (κ3) is 3.18. The second-order valence-electron chi connectivity index (χ2n) is 3.88. The minimum Gasteiger partial charge on any atom is -0.319 e. The van der Waals surface area contributed by atoms with Crippen LogP contribution in [0.1, 0.15) is 10.4 Å². The van der Waals surface area contributed by atoms with Crippen molar-refractivity contribution in [1.29, 1.82) is 0 Å². The highest BCUT2D eigenvalue weighted by atomic mass is 79.9. The number of nitro benzene ring substituents is 1. The summed E-state index contributed by atoms with van der Waals surface area (Å²) in [6, 6.07) is 9.29. The van der Waals surface area contributed by atoms with Gasteiger partial charge in [-0.3, -0.25) is 14.9 Å². The lowest BCUT2D eigenvalue weighted by Crippen LogP contribution is -2.12. The zero-order valence-electron chi connectivity index (χ0n) is 9.97. The highest BCUT2D eigenvalue weighted by molar-refractivity contribution is 9.10. The number of amides is 1. The number of anilines is 1. The standard InChI is InChI=1S/C13H8BrFN2O3/c14-9-3-6-12(11(15)7-9)16-13(18)8-1-4-10(5-2-8)17(19)20/h1-7H,(H,16,18). The van der Waals surface area contributed by atoms with Gasteiger partial charge in [0.1, 0.15) is 5.82 Å². The quantitative estimate of drug-likeness (QED) is 0.684. The molecular weight excluding hydrogens is 331 g/mol. The summed E-state index contributed by atoms with van der Waals surface area (Å²) in [5.41, 5.74) is 0.130. The predicted molar refractivity (Wildman–Crippen MR) is 75.1 cm³/mol. The van der Waals surface area contributed by atoms with Crippen LogP contribution in [-0.2, 0) is 0 Å². The normalized spacial score (nSPS) is 10.1. The fourth-order valence-corrected chi connectivity index (χ4v) is 1.85. The highest BCUT2D eigenvalue weighted by Crippen LogP contribution is 2.20. The molecule has 7 heteroatoms. The zero-order chi connectivity index (χ0) is 14.7. The molecule has 1 N–H and O–H groups in total. The molecule has 2 aromatic rings. The number of carbonyl (C=O) groups is 1. The maximum atomic E-state index is 13.6. The predicted octanol–water partition coefficient (Wildman–Crippen LogP) is 3.75. The summed E-state index contributed by atoms with van der Waals surface area (Å²) in [7, 11) is 0. The lowest BCUT2D eigenvalue weighted by Gasteiger charge is -2.06. The summed E-state index contributed by atoms with van der Waals surface area (Å²) in [4.78, 5) is 21.8. The first-order chi connectivity index (χ1) is 9.47. The van der Waals surface area contributed by atoms with Gasteiger partial charge in [0.2, 0.25) is 0 Å². The number of hydrogen-bond donors (Lipinski definition) is 1. The molecule has 0 bridgehead atoms. The lowest BCUT2D eigenvalue weighted by atomic mass is 10.2. The number of halogens is 2. The number of carbonyl (C=O) groups excluding carboxylic acids is 1. The van der Waals surface area contributed by atoms with Crippen molar-refractivity contribution in [2.45, 2.75) is 0 Å². The van der Waals surface area contributed by atoms with Crippen LogP contribution in [0, 0.1) is 15.9 Å². The molecule has 0 fully saturated rings. The van der Waals surface area contributed by atoms with Gasteiger partial charge in [-0.05, 0) is 30.3 Å². The molecule has 0 aromatic heterocycles. The number of benzene rings is 2. The van der Waals surface area contributed by atoms with Crippen LogP contribution in [0.5, 0.6) is 0 Å². The molecule has 2 rings (SSSR count). The highest BCUT2D eigenvalue weighted by Gasteiger charge is 2.11. The Hall–Kier alpha value is -2.28. The Bertz CT molecular complexity index is 674. The van der Waals surface area contributed by atoms with E-state index in [2.05, 4.69) is 21.2 Å². The van der Waals surface area contributed by atoms with Crippen LogP contribution in [0.4, 0.5) is 15.8 Å². The Labute approximate surface area is 121 Å². The Morgan fingerprint density at radius 2 is 1.85 bits per heavy atom. The summed E-state index contributed by atoms with van der Waals surface area (Å²) >= 11 is 3.11. The summed E-state index contributed by atoms with van der Waals surface area (Å²) in [5.74, 6) is -1.12. The summed E-state index contributed by atoms with van der Waals surface area (Å²) < 4.78 is 14.1. The molecule has 0 spiro atoms. The second-order valence-corrected chi connectivity index (χ2v) is 4.80. The van der Waals surface area contributed by atoms with Gasteiger partial charge in [0, 0.05) is 22.2 Å². The minimum atomic E-state index is -0.574. The maximum Gasteiger partial charge on any atom is 0.269 e. The van der Waals surface area contributed by atoms with Crippen molar-refractivity contribution in [2.75, 3.05) is 5.32 Å². The van der Waals surface area contributed by atoms with E-state index < -0.39 is 16.6 Å². The Kier molecular flexibility index (Phi) is 4.09. The molecule has 0 heterocycles. The lowest BCUT2D eigenvalue weighted by molar-refractivity contribution is -0.384. The number of nitrogens with one attached hydrogen (secondary N) is 1. The molecule has 0 aliphatic heterocycles. The SMILES string of the molecule is O=C(Nc1ccc(Br)cc1F)c1ccc([N+](=O)[O-])cc1. The largest absolute Gasteiger partial charge is 0.319 e. The minimum absolute atomic E-state index is 0.0385. The third-order valence-corrected chi connectivity index (χ3v) is 3.01. The van der Waals surface area contributed by atoms with Crippen molar-refractivity contribution in [1.82, 2.24) is 0 Å². The number of rotatable bonds is 3. The number of nitrogens with zero attached hydrogens (tertiary/aromatic N) is 1. The van der Waals surface area contributed by atoms with Gasteiger partial charge in [0.15, 0.2) is 0 Å². The van der Waals surface area contributed by atoms with E-state index in [1.165, 1.54) is 36.4 Å². The zero-order valence-corrected chi connectivity index (χ0v) is 11.6. The molecule has 0 aliphatic carbocycles. The molecule has 0 saturated heterocycles. The van der Waals surface area contributed by atoms with E-state index in [1.54, 1.807) is 6.07 Å². The molecule has 2 aromatic carbocycles. The van der Waals surface area contributed by atoms with Crippen molar-refractivity contribution < 1.29 is 14.1 Å². The molecule has 102 valence electrons. The van der Waals surface area contributed by atoms with E-state index in [0.29, 0.717) is 4.47 Å². The van der Waals surface area contributed by atoms with Crippen LogP contribution < -0.4 is 5.32 Å². The van der Waals surface area contributed by atoms with Gasteiger partial charge in [0.25, 0.3) is 11.6 Å². The van der Waals surface area contributed by atoms with Crippen molar-refractivity contribution >= 4 is 33.2 Å². The Morgan fingerprint density at radius 3 is 2.40 bits per heavy atom. The third-order valence-electron chi connectivity index (χ3n) is 2.52. The first kappa shape index (κ1) is 14.1. The topological polar surface area (TPSA) is 72.2 Å². The molecular formula is C13H8BrFN2O3. The van der Waals surface area contributed by atoms with Crippen molar-refractivity contribution in [3.8, 4) is 0 Å². The maximum absolute atomic E-state index is 13.6. The van der Waals surface area contributed by atoms with E-state index >= 15 is 0 Å². The van der Waals surface area contributed by atoms with E-state index in [9.17, 15) is 19.3 Å².